The molecule has 96 valence electrons. The van der Waals surface area contributed by atoms with Gasteiger partial charge in [0.25, 0.3) is 0 Å². The molecule has 10 heteroatoms. The molecule has 2 aromatic rings. The number of anilines is 1. The Morgan fingerprint density at radius 2 is 2.00 bits per heavy atom. The van der Waals surface area contributed by atoms with E-state index in [1.165, 1.54) is 11.7 Å². The zero-order valence-electron chi connectivity index (χ0n) is 8.90. The highest BCUT2D eigenvalue weighted by molar-refractivity contribution is 9.10. The van der Waals surface area contributed by atoms with Gasteiger partial charge in [-0.05, 0) is 22.0 Å². The maximum absolute atomic E-state index is 12.6. The van der Waals surface area contributed by atoms with Crippen LogP contribution >= 0.6 is 15.9 Å². The van der Waals surface area contributed by atoms with Gasteiger partial charge in [0.1, 0.15) is 5.69 Å². The highest BCUT2D eigenvalue weighted by Gasteiger charge is 2.34. The Kier molecular flexibility index (Phi) is 2.97. The molecule has 0 aliphatic heterocycles. The van der Waals surface area contributed by atoms with E-state index in [-0.39, 0.29) is 16.0 Å². The predicted octanol–water partition coefficient (Wildman–Crippen LogP) is 1.64. The Labute approximate surface area is 107 Å². The quantitative estimate of drug-likeness (QED) is 0.863. The van der Waals surface area contributed by atoms with Gasteiger partial charge in [-0.1, -0.05) is 5.21 Å². The normalized spacial score (nSPS) is 11.8. The third kappa shape index (κ3) is 2.28. The molecule has 2 heterocycles. The second-order valence-corrected chi connectivity index (χ2v) is 4.10. The molecule has 0 amide bonds. The van der Waals surface area contributed by atoms with Gasteiger partial charge in [-0.15, -0.1) is 5.10 Å². The summed E-state index contributed by atoms with van der Waals surface area (Å²) in [4.78, 5) is 6.90. The van der Waals surface area contributed by atoms with Gasteiger partial charge in [-0.2, -0.15) is 13.2 Å². The predicted molar refractivity (Wildman–Crippen MR) is 59.1 cm³/mol. The minimum atomic E-state index is -4.59. The van der Waals surface area contributed by atoms with Gasteiger partial charge >= 0.3 is 6.18 Å². The van der Waals surface area contributed by atoms with Gasteiger partial charge in [-0.25, -0.2) is 14.6 Å². The Morgan fingerprint density at radius 3 is 2.50 bits per heavy atom. The van der Waals surface area contributed by atoms with Crippen LogP contribution in [0.15, 0.2) is 10.7 Å². The van der Waals surface area contributed by atoms with E-state index in [0.717, 1.165) is 6.07 Å². The van der Waals surface area contributed by atoms with Crippen LogP contribution in [-0.2, 0) is 13.2 Å². The van der Waals surface area contributed by atoms with Crippen molar-refractivity contribution in [2.75, 3.05) is 5.73 Å². The van der Waals surface area contributed by atoms with Crippen LogP contribution < -0.4 is 5.73 Å². The van der Waals surface area contributed by atoms with Gasteiger partial charge in [-0.3, -0.25) is 0 Å². The van der Waals surface area contributed by atoms with E-state index in [0.29, 0.717) is 0 Å². The van der Waals surface area contributed by atoms with Gasteiger partial charge in [0.2, 0.25) is 5.95 Å². The van der Waals surface area contributed by atoms with Gasteiger partial charge in [0, 0.05) is 7.05 Å². The van der Waals surface area contributed by atoms with E-state index < -0.39 is 17.8 Å². The van der Waals surface area contributed by atoms with E-state index in [1.807, 2.05) is 0 Å². The fraction of sp³-hybridized carbons (Fsp3) is 0.250. The van der Waals surface area contributed by atoms with Crippen molar-refractivity contribution < 1.29 is 13.2 Å². The molecule has 0 radical (unpaired) electrons. The summed E-state index contributed by atoms with van der Waals surface area (Å²) in [6, 6.07) is 0.791. The number of rotatable bonds is 1. The van der Waals surface area contributed by atoms with E-state index in [2.05, 4.69) is 36.2 Å². The summed E-state index contributed by atoms with van der Waals surface area (Å²) >= 11 is 3.08. The third-order valence-corrected chi connectivity index (χ3v) is 2.60. The number of nitrogens with zero attached hydrogens (tertiary/aromatic N) is 5. The topological polar surface area (TPSA) is 82.5 Å². The van der Waals surface area contributed by atoms with Crippen molar-refractivity contribution in [1.29, 1.82) is 0 Å². The molecule has 18 heavy (non-hydrogen) atoms. The Morgan fingerprint density at radius 1 is 1.33 bits per heavy atom. The molecular weight excluding hydrogens is 317 g/mol. The molecule has 2 rings (SSSR count). The first-order valence-electron chi connectivity index (χ1n) is 4.56. The first-order valence-corrected chi connectivity index (χ1v) is 5.35. The second kappa shape index (κ2) is 4.19. The lowest BCUT2D eigenvalue weighted by atomic mass is 10.2. The smallest absolute Gasteiger partial charge is 0.368 e. The molecule has 0 unspecified atom stereocenters. The third-order valence-electron chi connectivity index (χ3n) is 2.06. The number of alkyl halides is 3. The SMILES string of the molecule is Cn1nnc(Br)c1-c1cc(C(F)(F)F)nc(N)n1. The maximum Gasteiger partial charge on any atom is 0.433 e. The summed E-state index contributed by atoms with van der Waals surface area (Å²) in [7, 11) is 1.53. The minimum Gasteiger partial charge on any atom is -0.368 e. The lowest BCUT2D eigenvalue weighted by Crippen LogP contribution is -2.12. The van der Waals surface area contributed by atoms with Gasteiger partial charge < -0.3 is 5.73 Å². The Hall–Kier alpha value is -1.71. The van der Waals surface area contributed by atoms with Crippen molar-refractivity contribution in [3.8, 4) is 11.4 Å². The van der Waals surface area contributed by atoms with Crippen molar-refractivity contribution in [2.45, 2.75) is 6.18 Å². The lowest BCUT2D eigenvalue weighted by Gasteiger charge is -2.08. The van der Waals surface area contributed by atoms with E-state index >= 15 is 0 Å². The van der Waals surface area contributed by atoms with Crippen molar-refractivity contribution >= 4 is 21.9 Å². The van der Waals surface area contributed by atoms with Crippen LogP contribution in [0.4, 0.5) is 19.1 Å². The minimum absolute atomic E-state index is 0.00537. The monoisotopic (exact) mass is 322 g/mol. The van der Waals surface area contributed by atoms with Crippen LogP contribution in [0.3, 0.4) is 0 Å². The fourth-order valence-corrected chi connectivity index (χ4v) is 1.87. The molecule has 0 aliphatic carbocycles. The van der Waals surface area contributed by atoms with Crippen molar-refractivity contribution in [3.05, 3.63) is 16.4 Å². The molecule has 0 atom stereocenters. The molecule has 0 bridgehead atoms. The number of nitrogen functional groups attached to an aromatic ring is 1. The number of halogens is 4. The molecule has 0 aromatic carbocycles. The standard InChI is InChI=1S/C8H6BrF3N6/c1-18-5(6(9)16-17-18)3-2-4(8(10,11)12)15-7(13)14-3/h2H,1H3,(H2,13,14,15). The summed E-state index contributed by atoms with van der Waals surface area (Å²) in [6.07, 6.45) is -4.59. The fourth-order valence-electron chi connectivity index (χ4n) is 1.34. The largest absolute Gasteiger partial charge is 0.433 e. The van der Waals surface area contributed by atoms with Crippen LogP contribution in [0, 0.1) is 0 Å². The summed E-state index contributed by atoms with van der Waals surface area (Å²) in [5.41, 5.74) is 4.44. The van der Waals surface area contributed by atoms with Crippen molar-refractivity contribution in [2.24, 2.45) is 7.05 Å². The molecule has 6 nitrogen and oxygen atoms in total. The molecule has 0 fully saturated rings. The number of nitrogens with two attached hydrogens (primary N) is 1. The summed E-state index contributed by atoms with van der Waals surface area (Å²) in [5.74, 6) is -0.465. The average Bonchev–Trinajstić information content (AvgIpc) is 2.56. The number of hydrogen-bond acceptors (Lipinski definition) is 5. The molecule has 0 aliphatic rings. The zero-order chi connectivity index (χ0) is 13.5. The average molecular weight is 323 g/mol. The van der Waals surface area contributed by atoms with Gasteiger partial charge in [0.05, 0.1) is 5.69 Å². The molecule has 2 N–H and O–H groups in total. The number of aryl methyl sites for hydroxylation is 1. The summed E-state index contributed by atoms with van der Waals surface area (Å²) in [6.45, 7) is 0. The highest BCUT2D eigenvalue weighted by Crippen LogP contribution is 2.32. The molecule has 0 saturated carbocycles. The highest BCUT2D eigenvalue weighted by atomic mass is 79.9. The maximum atomic E-state index is 12.6. The molecule has 0 spiro atoms. The number of aromatic nitrogens is 5. The second-order valence-electron chi connectivity index (χ2n) is 3.35. The Balaban J connectivity index is 2.63. The summed E-state index contributed by atoms with van der Waals surface area (Å²) in [5, 5.41) is 7.31. The van der Waals surface area contributed by atoms with E-state index in [9.17, 15) is 13.2 Å². The first-order chi connectivity index (χ1) is 8.29. The Bertz CT molecular complexity index is 574. The molecular formula is C8H6BrF3N6. The van der Waals surface area contributed by atoms with Crippen LogP contribution in [0.2, 0.25) is 0 Å². The van der Waals surface area contributed by atoms with E-state index in [1.54, 1.807) is 0 Å². The van der Waals surface area contributed by atoms with Gasteiger partial charge in [0.15, 0.2) is 10.3 Å². The zero-order valence-corrected chi connectivity index (χ0v) is 10.5. The van der Waals surface area contributed by atoms with Crippen molar-refractivity contribution in [1.82, 2.24) is 25.0 Å². The van der Waals surface area contributed by atoms with Crippen LogP contribution in [-0.4, -0.2) is 25.0 Å². The van der Waals surface area contributed by atoms with Crippen LogP contribution in [0.1, 0.15) is 5.69 Å². The summed E-state index contributed by atoms with van der Waals surface area (Å²) < 4.78 is 39.3. The first kappa shape index (κ1) is 12.7. The number of hydrogen-bond donors (Lipinski definition) is 1. The van der Waals surface area contributed by atoms with E-state index in [4.69, 9.17) is 5.73 Å². The van der Waals surface area contributed by atoms with Crippen LogP contribution in [0.5, 0.6) is 0 Å². The molecule has 2 aromatic heterocycles. The van der Waals surface area contributed by atoms with Crippen molar-refractivity contribution in [3.63, 3.8) is 0 Å². The lowest BCUT2D eigenvalue weighted by molar-refractivity contribution is -0.141. The van der Waals surface area contributed by atoms with Crippen LogP contribution in [0.25, 0.3) is 11.4 Å². The molecule has 0 saturated heterocycles.